The first-order valence-electron chi connectivity index (χ1n) is 7.23. The van der Waals surface area contributed by atoms with Crippen molar-refractivity contribution in [2.24, 2.45) is 0 Å². The first kappa shape index (κ1) is 14.5. The third-order valence-electron chi connectivity index (χ3n) is 3.42. The molecule has 1 amide bonds. The summed E-state index contributed by atoms with van der Waals surface area (Å²) in [5.74, 6) is 0. The van der Waals surface area contributed by atoms with E-state index in [1.165, 1.54) is 6.33 Å². The lowest BCUT2D eigenvalue weighted by Gasteiger charge is -2.30. The highest BCUT2D eigenvalue weighted by atomic mass is 16.6. The van der Waals surface area contributed by atoms with Crippen LogP contribution in [-0.2, 0) is 17.7 Å². The summed E-state index contributed by atoms with van der Waals surface area (Å²) in [6, 6.07) is 0. The molecule has 7 nitrogen and oxygen atoms in total. The lowest BCUT2D eigenvalue weighted by Crippen LogP contribution is -2.39. The molecule has 0 spiro atoms. The Morgan fingerprint density at radius 3 is 2.73 bits per heavy atom. The molecule has 2 aromatic heterocycles. The van der Waals surface area contributed by atoms with Crippen LogP contribution in [0.25, 0.3) is 11.3 Å². The Morgan fingerprint density at radius 1 is 1.32 bits per heavy atom. The van der Waals surface area contributed by atoms with Gasteiger partial charge in [-0.1, -0.05) is 0 Å². The van der Waals surface area contributed by atoms with Gasteiger partial charge in [0.25, 0.3) is 0 Å². The van der Waals surface area contributed by atoms with Gasteiger partial charge in [0.05, 0.1) is 6.54 Å². The van der Waals surface area contributed by atoms with E-state index < -0.39 is 5.60 Å². The Bertz CT molecular complexity index is 675. The standard InChI is InChI=1S/C15H19N5O2/c1-15(2,3)22-14(21)20-5-4-12-11(8-20)13(19-18-12)10-6-16-9-17-7-10/h6-7,9H,4-5,8H2,1-3H3,(H,18,19). The van der Waals surface area contributed by atoms with E-state index in [1.54, 1.807) is 17.3 Å². The molecule has 0 bridgehead atoms. The number of aromatic amines is 1. The molecule has 1 aliphatic rings. The maximum atomic E-state index is 12.2. The molecule has 0 aromatic carbocycles. The summed E-state index contributed by atoms with van der Waals surface area (Å²) in [7, 11) is 0. The molecule has 0 fully saturated rings. The minimum absolute atomic E-state index is 0.297. The van der Waals surface area contributed by atoms with Crippen molar-refractivity contribution in [1.29, 1.82) is 0 Å². The lowest BCUT2D eigenvalue weighted by atomic mass is 10.0. The molecule has 1 aliphatic heterocycles. The normalized spacial score (nSPS) is 14.6. The van der Waals surface area contributed by atoms with Crippen LogP contribution in [-0.4, -0.2) is 43.3 Å². The molecule has 7 heteroatoms. The van der Waals surface area contributed by atoms with Gasteiger partial charge >= 0.3 is 6.09 Å². The van der Waals surface area contributed by atoms with Gasteiger partial charge < -0.3 is 9.64 Å². The van der Waals surface area contributed by atoms with Crippen LogP contribution in [0, 0.1) is 0 Å². The van der Waals surface area contributed by atoms with Crippen LogP contribution < -0.4 is 0 Å². The Labute approximate surface area is 128 Å². The number of carbonyl (C=O) groups is 1. The van der Waals surface area contributed by atoms with Gasteiger partial charge in [-0.05, 0) is 20.8 Å². The van der Waals surface area contributed by atoms with Gasteiger partial charge in [0, 0.05) is 42.2 Å². The molecule has 0 saturated carbocycles. The molecule has 0 aliphatic carbocycles. The van der Waals surface area contributed by atoms with Crippen LogP contribution in [0.4, 0.5) is 4.79 Å². The number of nitrogens with zero attached hydrogens (tertiary/aromatic N) is 4. The van der Waals surface area contributed by atoms with Gasteiger partial charge in [-0.2, -0.15) is 5.10 Å². The maximum absolute atomic E-state index is 12.2. The average molecular weight is 301 g/mol. The summed E-state index contributed by atoms with van der Waals surface area (Å²) < 4.78 is 5.45. The van der Waals surface area contributed by atoms with Crippen molar-refractivity contribution >= 4 is 6.09 Å². The maximum Gasteiger partial charge on any atom is 0.410 e. The Kier molecular flexibility index (Phi) is 3.56. The molecule has 3 heterocycles. The van der Waals surface area contributed by atoms with Gasteiger partial charge in [0.2, 0.25) is 0 Å². The first-order valence-corrected chi connectivity index (χ1v) is 7.23. The predicted octanol–water partition coefficient (Wildman–Crippen LogP) is 2.16. The number of ether oxygens (including phenoxy) is 1. The van der Waals surface area contributed by atoms with E-state index in [0.717, 1.165) is 28.9 Å². The quantitative estimate of drug-likeness (QED) is 0.872. The van der Waals surface area contributed by atoms with Crippen molar-refractivity contribution < 1.29 is 9.53 Å². The fourth-order valence-corrected chi connectivity index (χ4v) is 2.44. The molecule has 2 aromatic rings. The van der Waals surface area contributed by atoms with Crippen molar-refractivity contribution in [2.45, 2.75) is 39.3 Å². The van der Waals surface area contributed by atoms with Gasteiger partial charge in [-0.15, -0.1) is 0 Å². The second-order valence-electron chi connectivity index (χ2n) is 6.31. The smallest absolute Gasteiger partial charge is 0.410 e. The summed E-state index contributed by atoms with van der Waals surface area (Å²) in [6.07, 6.45) is 5.35. The number of carbonyl (C=O) groups excluding carboxylic acids is 1. The summed E-state index contributed by atoms with van der Waals surface area (Å²) >= 11 is 0. The molecule has 0 unspecified atom stereocenters. The van der Waals surface area contributed by atoms with E-state index in [0.29, 0.717) is 13.1 Å². The third kappa shape index (κ3) is 2.93. The number of aromatic nitrogens is 4. The third-order valence-corrected chi connectivity index (χ3v) is 3.42. The van der Waals surface area contributed by atoms with Crippen molar-refractivity contribution in [1.82, 2.24) is 25.1 Å². The van der Waals surface area contributed by atoms with Crippen LogP contribution in [0.3, 0.4) is 0 Å². The van der Waals surface area contributed by atoms with Gasteiger partial charge in [-0.3, -0.25) is 5.10 Å². The van der Waals surface area contributed by atoms with E-state index in [9.17, 15) is 4.79 Å². The minimum Gasteiger partial charge on any atom is -0.444 e. The molecule has 1 N–H and O–H groups in total. The van der Waals surface area contributed by atoms with E-state index in [4.69, 9.17) is 4.74 Å². The summed E-state index contributed by atoms with van der Waals surface area (Å²) in [5.41, 5.74) is 3.20. The number of hydrogen-bond donors (Lipinski definition) is 1. The van der Waals surface area contributed by atoms with Crippen molar-refractivity contribution in [2.75, 3.05) is 6.54 Å². The Balaban J connectivity index is 1.83. The fraction of sp³-hybridized carbons (Fsp3) is 0.467. The Morgan fingerprint density at radius 2 is 2.05 bits per heavy atom. The predicted molar refractivity (Wildman–Crippen MR) is 80.0 cm³/mol. The second-order valence-corrected chi connectivity index (χ2v) is 6.31. The number of fused-ring (bicyclic) bond motifs is 1. The Hall–Kier alpha value is -2.44. The highest BCUT2D eigenvalue weighted by Crippen LogP contribution is 2.28. The van der Waals surface area contributed by atoms with Crippen LogP contribution >= 0.6 is 0 Å². The molecule has 0 saturated heterocycles. The average Bonchev–Trinajstić information content (AvgIpc) is 2.89. The summed E-state index contributed by atoms with van der Waals surface area (Å²) in [5, 5.41) is 7.40. The van der Waals surface area contributed by atoms with Crippen molar-refractivity contribution in [3.05, 3.63) is 30.0 Å². The molecule has 0 radical (unpaired) electrons. The summed E-state index contributed by atoms with van der Waals surface area (Å²) in [6.45, 7) is 6.69. The van der Waals surface area contributed by atoms with Gasteiger partial charge in [-0.25, -0.2) is 14.8 Å². The molecular weight excluding hydrogens is 282 g/mol. The molecule has 116 valence electrons. The zero-order valence-corrected chi connectivity index (χ0v) is 13.0. The zero-order chi connectivity index (χ0) is 15.7. The SMILES string of the molecule is CC(C)(C)OC(=O)N1CCc2[nH]nc(-c3cncnc3)c2C1. The number of rotatable bonds is 1. The highest BCUT2D eigenvalue weighted by Gasteiger charge is 2.28. The van der Waals surface area contributed by atoms with E-state index in [-0.39, 0.29) is 6.09 Å². The molecular formula is C15H19N5O2. The second kappa shape index (κ2) is 5.40. The fourth-order valence-electron chi connectivity index (χ4n) is 2.44. The van der Waals surface area contributed by atoms with Gasteiger partial charge in [0.1, 0.15) is 17.6 Å². The minimum atomic E-state index is -0.496. The van der Waals surface area contributed by atoms with E-state index >= 15 is 0 Å². The van der Waals surface area contributed by atoms with Crippen molar-refractivity contribution in [3.63, 3.8) is 0 Å². The van der Waals surface area contributed by atoms with Crippen LogP contribution in [0.2, 0.25) is 0 Å². The number of hydrogen-bond acceptors (Lipinski definition) is 5. The number of H-pyrrole nitrogens is 1. The topological polar surface area (TPSA) is 84.0 Å². The highest BCUT2D eigenvalue weighted by molar-refractivity contribution is 5.70. The number of nitrogens with one attached hydrogen (secondary N) is 1. The first-order chi connectivity index (χ1) is 10.4. The molecule has 0 atom stereocenters. The van der Waals surface area contributed by atoms with Crippen LogP contribution in [0.5, 0.6) is 0 Å². The van der Waals surface area contributed by atoms with Crippen LogP contribution in [0.1, 0.15) is 32.0 Å². The molecule has 22 heavy (non-hydrogen) atoms. The number of amides is 1. The van der Waals surface area contributed by atoms with E-state index in [1.807, 2.05) is 20.8 Å². The van der Waals surface area contributed by atoms with Crippen LogP contribution in [0.15, 0.2) is 18.7 Å². The van der Waals surface area contributed by atoms with Gasteiger partial charge in [0.15, 0.2) is 0 Å². The lowest BCUT2D eigenvalue weighted by molar-refractivity contribution is 0.0224. The zero-order valence-electron chi connectivity index (χ0n) is 13.0. The monoisotopic (exact) mass is 301 g/mol. The van der Waals surface area contributed by atoms with E-state index in [2.05, 4.69) is 20.2 Å². The largest absolute Gasteiger partial charge is 0.444 e. The van der Waals surface area contributed by atoms with Crippen molar-refractivity contribution in [3.8, 4) is 11.3 Å². The molecule has 3 rings (SSSR count). The summed E-state index contributed by atoms with van der Waals surface area (Å²) in [4.78, 5) is 22.0.